The standard InChI is InChI=1S/C27H29N3O3/c1-19(24-10-7-11-26(17-24)29-21(3)32)30(18-23-8-5-4-6-9-23)27(33)16-22-12-14-25(15-13-22)28-20(2)31/h4-15,17,19H,16,18H2,1-3H3,(H,28,31)(H,29,32). The lowest BCUT2D eigenvalue weighted by Gasteiger charge is -2.30. The van der Waals surface area contributed by atoms with Crippen LogP contribution in [0.5, 0.6) is 0 Å². The smallest absolute Gasteiger partial charge is 0.227 e. The molecule has 0 fully saturated rings. The Labute approximate surface area is 194 Å². The molecule has 0 spiro atoms. The maximum absolute atomic E-state index is 13.4. The Morgan fingerprint density at radius 3 is 2.03 bits per heavy atom. The number of hydrogen-bond donors (Lipinski definition) is 2. The van der Waals surface area contributed by atoms with Crippen LogP contribution in [0.4, 0.5) is 11.4 Å². The van der Waals surface area contributed by atoms with Gasteiger partial charge in [-0.05, 0) is 47.9 Å². The SMILES string of the molecule is CC(=O)Nc1ccc(CC(=O)N(Cc2ccccc2)C(C)c2cccc(NC(C)=O)c2)cc1. The summed E-state index contributed by atoms with van der Waals surface area (Å²) < 4.78 is 0. The Morgan fingerprint density at radius 1 is 0.758 bits per heavy atom. The highest BCUT2D eigenvalue weighted by atomic mass is 16.2. The van der Waals surface area contributed by atoms with Crippen LogP contribution in [0.3, 0.4) is 0 Å². The molecule has 0 heterocycles. The largest absolute Gasteiger partial charge is 0.331 e. The van der Waals surface area contributed by atoms with Gasteiger partial charge in [0.15, 0.2) is 0 Å². The maximum atomic E-state index is 13.4. The summed E-state index contributed by atoms with van der Waals surface area (Å²) in [5.74, 6) is -0.286. The van der Waals surface area contributed by atoms with Gasteiger partial charge in [0.2, 0.25) is 17.7 Å². The van der Waals surface area contributed by atoms with Crippen LogP contribution in [0, 0.1) is 0 Å². The molecule has 2 N–H and O–H groups in total. The summed E-state index contributed by atoms with van der Waals surface area (Å²) in [5, 5.41) is 5.54. The topological polar surface area (TPSA) is 78.5 Å². The molecule has 0 radical (unpaired) electrons. The molecule has 0 aliphatic rings. The minimum absolute atomic E-state index is 0.0106. The van der Waals surface area contributed by atoms with Crippen LogP contribution in [-0.4, -0.2) is 22.6 Å². The van der Waals surface area contributed by atoms with Gasteiger partial charge in [0.05, 0.1) is 12.5 Å². The average molecular weight is 444 g/mol. The third-order valence-corrected chi connectivity index (χ3v) is 5.30. The van der Waals surface area contributed by atoms with Crippen molar-refractivity contribution in [3.63, 3.8) is 0 Å². The summed E-state index contributed by atoms with van der Waals surface area (Å²) in [5.41, 5.74) is 4.24. The van der Waals surface area contributed by atoms with E-state index in [0.717, 1.165) is 16.7 Å². The van der Waals surface area contributed by atoms with Gasteiger partial charge in [-0.2, -0.15) is 0 Å². The van der Waals surface area contributed by atoms with Crippen LogP contribution in [-0.2, 0) is 27.3 Å². The lowest BCUT2D eigenvalue weighted by atomic mass is 10.0. The Bertz CT molecular complexity index is 1110. The average Bonchev–Trinajstić information content (AvgIpc) is 2.78. The van der Waals surface area contributed by atoms with E-state index in [1.165, 1.54) is 13.8 Å². The Kier molecular flexibility index (Phi) is 7.97. The minimum atomic E-state index is -0.204. The molecule has 170 valence electrons. The number of nitrogens with one attached hydrogen (secondary N) is 2. The third-order valence-electron chi connectivity index (χ3n) is 5.30. The first-order valence-corrected chi connectivity index (χ1v) is 10.9. The van der Waals surface area contributed by atoms with E-state index < -0.39 is 0 Å². The predicted molar refractivity (Wildman–Crippen MR) is 131 cm³/mol. The fourth-order valence-corrected chi connectivity index (χ4v) is 3.67. The van der Waals surface area contributed by atoms with Crippen LogP contribution in [0.15, 0.2) is 78.9 Å². The molecule has 6 heteroatoms. The van der Waals surface area contributed by atoms with Gasteiger partial charge in [0.25, 0.3) is 0 Å². The highest BCUT2D eigenvalue weighted by Gasteiger charge is 2.22. The number of anilines is 2. The summed E-state index contributed by atoms with van der Waals surface area (Å²) in [4.78, 5) is 38.0. The molecule has 3 aromatic rings. The second-order valence-corrected chi connectivity index (χ2v) is 8.04. The van der Waals surface area contributed by atoms with Crippen molar-refractivity contribution < 1.29 is 14.4 Å². The van der Waals surface area contributed by atoms with Crippen LogP contribution < -0.4 is 10.6 Å². The molecule has 33 heavy (non-hydrogen) atoms. The van der Waals surface area contributed by atoms with Crippen molar-refractivity contribution in [1.82, 2.24) is 4.90 Å². The predicted octanol–water partition coefficient (Wildman–Crippen LogP) is 4.94. The van der Waals surface area contributed by atoms with Crippen LogP contribution in [0.1, 0.15) is 43.5 Å². The Balaban J connectivity index is 1.83. The van der Waals surface area contributed by atoms with E-state index in [1.807, 2.05) is 78.6 Å². The lowest BCUT2D eigenvalue weighted by molar-refractivity contribution is -0.133. The number of carbonyl (C=O) groups is 3. The fourth-order valence-electron chi connectivity index (χ4n) is 3.67. The summed E-state index contributed by atoms with van der Waals surface area (Å²) in [6, 6.07) is 24.5. The first-order valence-electron chi connectivity index (χ1n) is 10.9. The van der Waals surface area contributed by atoms with Crippen molar-refractivity contribution in [2.75, 3.05) is 10.6 Å². The van der Waals surface area contributed by atoms with Gasteiger partial charge in [-0.15, -0.1) is 0 Å². The quantitative estimate of drug-likeness (QED) is 0.518. The highest BCUT2D eigenvalue weighted by molar-refractivity contribution is 5.89. The summed E-state index contributed by atoms with van der Waals surface area (Å²) in [6.07, 6.45) is 0.239. The number of carbonyl (C=O) groups excluding carboxylic acids is 3. The van der Waals surface area contributed by atoms with E-state index >= 15 is 0 Å². The molecule has 0 saturated carbocycles. The van der Waals surface area contributed by atoms with Gasteiger partial charge in [-0.25, -0.2) is 0 Å². The number of benzene rings is 3. The zero-order valence-electron chi connectivity index (χ0n) is 19.2. The van der Waals surface area contributed by atoms with Crippen LogP contribution >= 0.6 is 0 Å². The monoisotopic (exact) mass is 443 g/mol. The Hall–Kier alpha value is -3.93. The molecular formula is C27H29N3O3. The molecule has 3 aromatic carbocycles. The van der Waals surface area contributed by atoms with Gasteiger partial charge in [-0.1, -0.05) is 54.6 Å². The molecule has 6 nitrogen and oxygen atoms in total. The minimum Gasteiger partial charge on any atom is -0.331 e. The summed E-state index contributed by atoms with van der Waals surface area (Å²) in [7, 11) is 0. The zero-order chi connectivity index (χ0) is 23.8. The van der Waals surface area contributed by atoms with Crippen LogP contribution in [0.25, 0.3) is 0 Å². The van der Waals surface area contributed by atoms with Crippen LogP contribution in [0.2, 0.25) is 0 Å². The number of rotatable bonds is 8. The van der Waals surface area contributed by atoms with Gasteiger partial charge in [-0.3, -0.25) is 14.4 Å². The van der Waals surface area contributed by atoms with E-state index in [-0.39, 0.29) is 30.2 Å². The van der Waals surface area contributed by atoms with Gasteiger partial charge in [0.1, 0.15) is 0 Å². The van der Waals surface area contributed by atoms with E-state index in [1.54, 1.807) is 12.1 Å². The van der Waals surface area contributed by atoms with E-state index in [9.17, 15) is 14.4 Å². The van der Waals surface area contributed by atoms with Gasteiger partial charge < -0.3 is 15.5 Å². The molecule has 3 rings (SSSR count). The van der Waals surface area contributed by atoms with Crippen molar-refractivity contribution in [3.8, 4) is 0 Å². The number of amides is 3. The highest BCUT2D eigenvalue weighted by Crippen LogP contribution is 2.26. The third kappa shape index (κ3) is 7.04. The van der Waals surface area contributed by atoms with Crippen molar-refractivity contribution in [2.24, 2.45) is 0 Å². The maximum Gasteiger partial charge on any atom is 0.227 e. The van der Waals surface area contributed by atoms with E-state index in [2.05, 4.69) is 10.6 Å². The molecule has 1 unspecified atom stereocenters. The molecule has 0 aromatic heterocycles. The first kappa shape index (κ1) is 23.7. The summed E-state index contributed by atoms with van der Waals surface area (Å²) in [6.45, 7) is 5.39. The molecule has 0 aliphatic heterocycles. The number of hydrogen-bond acceptors (Lipinski definition) is 3. The second kappa shape index (κ2) is 11.1. The fraction of sp³-hybridized carbons (Fsp3) is 0.222. The van der Waals surface area contributed by atoms with Crippen molar-refractivity contribution in [3.05, 3.63) is 95.6 Å². The number of nitrogens with zero attached hydrogens (tertiary/aromatic N) is 1. The van der Waals surface area contributed by atoms with Gasteiger partial charge in [0, 0.05) is 31.8 Å². The second-order valence-electron chi connectivity index (χ2n) is 8.04. The Morgan fingerprint density at radius 2 is 1.39 bits per heavy atom. The van der Waals surface area contributed by atoms with Crippen molar-refractivity contribution >= 4 is 29.1 Å². The van der Waals surface area contributed by atoms with Crippen molar-refractivity contribution in [2.45, 2.75) is 39.8 Å². The molecule has 1 atom stereocenters. The molecule has 0 aliphatic carbocycles. The van der Waals surface area contributed by atoms with Gasteiger partial charge >= 0.3 is 0 Å². The molecular weight excluding hydrogens is 414 g/mol. The molecule has 0 bridgehead atoms. The normalized spacial score (nSPS) is 11.4. The zero-order valence-corrected chi connectivity index (χ0v) is 19.2. The van der Waals surface area contributed by atoms with Crippen molar-refractivity contribution in [1.29, 1.82) is 0 Å². The van der Waals surface area contributed by atoms with E-state index in [4.69, 9.17) is 0 Å². The summed E-state index contributed by atoms with van der Waals surface area (Å²) >= 11 is 0. The van der Waals surface area contributed by atoms with E-state index in [0.29, 0.717) is 17.9 Å². The molecule has 3 amide bonds. The first-order chi connectivity index (χ1) is 15.8. The lowest BCUT2D eigenvalue weighted by Crippen LogP contribution is -2.34. The molecule has 0 saturated heterocycles.